The average molecular weight is 518 g/mol. The Kier molecular flexibility index (Phi) is 7.13. The second-order valence-electron chi connectivity index (χ2n) is 6.17. The van der Waals surface area contributed by atoms with Gasteiger partial charge in [-0.3, -0.25) is 4.79 Å². The van der Waals surface area contributed by atoms with Gasteiger partial charge in [-0.15, -0.1) is 0 Å². The van der Waals surface area contributed by atoms with E-state index in [1.807, 2.05) is 6.07 Å². The number of hydrogen-bond donors (Lipinski definition) is 1. The van der Waals surface area contributed by atoms with Gasteiger partial charge >= 0.3 is 10.1 Å². The number of nitrogens with zero attached hydrogens (tertiary/aromatic N) is 1. The quantitative estimate of drug-likeness (QED) is 0.268. The molecule has 0 aliphatic carbocycles. The SMILES string of the molecule is N#C/C(=C\c1cc(Br)ccc1OS(=O)(=O)c1ccccc1)C(=O)Nc1cccc(Cl)c1. The maximum atomic E-state index is 12.6. The lowest BCUT2D eigenvalue weighted by molar-refractivity contribution is -0.112. The van der Waals surface area contributed by atoms with Gasteiger partial charge in [0.05, 0.1) is 0 Å². The van der Waals surface area contributed by atoms with Gasteiger partial charge in [0.25, 0.3) is 5.91 Å². The van der Waals surface area contributed by atoms with Crippen molar-refractivity contribution in [2.24, 2.45) is 0 Å². The van der Waals surface area contributed by atoms with Crippen molar-refractivity contribution in [3.63, 3.8) is 0 Å². The maximum absolute atomic E-state index is 12.6. The van der Waals surface area contributed by atoms with Crippen LogP contribution in [0.3, 0.4) is 0 Å². The largest absolute Gasteiger partial charge is 0.378 e. The molecule has 156 valence electrons. The van der Waals surface area contributed by atoms with Crippen LogP contribution in [0.2, 0.25) is 5.02 Å². The number of carbonyl (C=O) groups excluding carboxylic acids is 1. The topological polar surface area (TPSA) is 96.3 Å². The minimum absolute atomic E-state index is 0.0212. The molecule has 0 unspecified atom stereocenters. The predicted octanol–water partition coefficient (Wildman–Crippen LogP) is 5.42. The summed E-state index contributed by atoms with van der Waals surface area (Å²) in [6.07, 6.45) is 1.25. The van der Waals surface area contributed by atoms with Crippen LogP contribution in [0.1, 0.15) is 5.56 Å². The number of halogens is 2. The van der Waals surface area contributed by atoms with Crippen molar-refractivity contribution in [1.29, 1.82) is 5.26 Å². The van der Waals surface area contributed by atoms with Gasteiger partial charge in [0.2, 0.25) is 0 Å². The van der Waals surface area contributed by atoms with Crippen LogP contribution in [0.15, 0.2) is 87.7 Å². The fourth-order valence-corrected chi connectivity index (χ4v) is 4.07. The summed E-state index contributed by atoms with van der Waals surface area (Å²) < 4.78 is 31.1. The Labute approximate surface area is 193 Å². The van der Waals surface area contributed by atoms with Crippen molar-refractivity contribution >= 4 is 55.3 Å². The highest BCUT2D eigenvalue weighted by molar-refractivity contribution is 9.10. The third-order valence-electron chi connectivity index (χ3n) is 3.95. The van der Waals surface area contributed by atoms with Crippen molar-refractivity contribution in [2.75, 3.05) is 5.32 Å². The average Bonchev–Trinajstić information content (AvgIpc) is 2.74. The van der Waals surface area contributed by atoms with E-state index in [1.165, 1.54) is 30.3 Å². The highest BCUT2D eigenvalue weighted by atomic mass is 79.9. The molecule has 3 aromatic rings. The molecule has 1 amide bonds. The summed E-state index contributed by atoms with van der Waals surface area (Å²) in [5, 5.41) is 12.5. The Balaban J connectivity index is 1.94. The summed E-state index contributed by atoms with van der Waals surface area (Å²) in [6, 6.07) is 20.5. The molecule has 0 aromatic heterocycles. The Hall–Kier alpha value is -3.12. The Morgan fingerprint density at radius 2 is 1.81 bits per heavy atom. The number of carbonyl (C=O) groups is 1. The second-order valence-corrected chi connectivity index (χ2v) is 9.07. The van der Waals surface area contributed by atoms with Crippen LogP contribution in [-0.4, -0.2) is 14.3 Å². The van der Waals surface area contributed by atoms with Gasteiger partial charge in [0, 0.05) is 20.7 Å². The van der Waals surface area contributed by atoms with Crippen LogP contribution in [0, 0.1) is 11.3 Å². The van der Waals surface area contributed by atoms with E-state index in [2.05, 4.69) is 21.2 Å². The summed E-state index contributed by atoms with van der Waals surface area (Å²) in [7, 11) is -4.11. The molecular formula is C22H14BrClN2O4S. The lowest BCUT2D eigenvalue weighted by atomic mass is 10.1. The molecule has 0 aliphatic rings. The van der Waals surface area contributed by atoms with E-state index >= 15 is 0 Å². The van der Waals surface area contributed by atoms with Gasteiger partial charge in [-0.25, -0.2) is 0 Å². The summed E-state index contributed by atoms with van der Waals surface area (Å²) >= 11 is 9.21. The normalized spacial score (nSPS) is 11.5. The monoisotopic (exact) mass is 516 g/mol. The molecule has 1 N–H and O–H groups in total. The van der Waals surface area contributed by atoms with E-state index in [9.17, 15) is 18.5 Å². The maximum Gasteiger partial charge on any atom is 0.339 e. The molecule has 0 spiro atoms. The van der Waals surface area contributed by atoms with Crippen LogP contribution in [0.5, 0.6) is 5.75 Å². The minimum atomic E-state index is -4.11. The van der Waals surface area contributed by atoms with Crippen molar-refractivity contribution in [1.82, 2.24) is 0 Å². The molecule has 0 heterocycles. The molecule has 0 fully saturated rings. The molecule has 0 radical (unpaired) electrons. The molecule has 3 aromatic carbocycles. The Morgan fingerprint density at radius 3 is 2.48 bits per heavy atom. The smallest absolute Gasteiger partial charge is 0.339 e. The third kappa shape index (κ3) is 5.95. The standard InChI is InChI=1S/C22H14BrClN2O4S/c23-17-9-10-21(30-31(28,29)20-7-2-1-3-8-20)15(12-17)11-16(14-25)22(27)26-19-6-4-5-18(24)13-19/h1-13H,(H,26,27)/b16-11+. The van der Waals surface area contributed by atoms with Crippen LogP contribution in [0.25, 0.3) is 6.08 Å². The fraction of sp³-hybridized carbons (Fsp3) is 0. The molecule has 6 nitrogen and oxygen atoms in total. The fourth-order valence-electron chi connectivity index (χ4n) is 2.53. The molecular weight excluding hydrogens is 504 g/mol. The number of rotatable bonds is 6. The molecule has 0 aliphatic heterocycles. The van der Waals surface area contributed by atoms with E-state index in [-0.39, 0.29) is 21.8 Å². The highest BCUT2D eigenvalue weighted by Gasteiger charge is 2.19. The number of nitriles is 1. The molecule has 3 rings (SSSR count). The molecule has 0 saturated carbocycles. The molecule has 0 atom stereocenters. The van der Waals surface area contributed by atoms with Crippen molar-refractivity contribution in [2.45, 2.75) is 4.90 Å². The van der Waals surface area contributed by atoms with Gasteiger partial charge in [-0.05, 0) is 54.6 Å². The van der Waals surface area contributed by atoms with Gasteiger partial charge in [-0.1, -0.05) is 51.8 Å². The van der Waals surface area contributed by atoms with Crippen LogP contribution in [-0.2, 0) is 14.9 Å². The first-order chi connectivity index (χ1) is 14.8. The van der Waals surface area contributed by atoms with Gasteiger partial charge < -0.3 is 9.50 Å². The summed E-state index contributed by atoms with van der Waals surface area (Å²) in [5.41, 5.74) is 0.391. The lowest BCUT2D eigenvalue weighted by Gasteiger charge is -2.11. The zero-order valence-corrected chi connectivity index (χ0v) is 18.9. The summed E-state index contributed by atoms with van der Waals surface area (Å²) in [6.45, 7) is 0. The number of nitrogens with one attached hydrogen (secondary N) is 1. The number of anilines is 1. The van der Waals surface area contributed by atoms with E-state index in [4.69, 9.17) is 15.8 Å². The van der Waals surface area contributed by atoms with E-state index in [0.717, 1.165) is 0 Å². The number of amides is 1. The Bertz CT molecular complexity index is 1300. The first kappa shape index (κ1) is 22.6. The van der Waals surface area contributed by atoms with E-state index < -0.39 is 16.0 Å². The van der Waals surface area contributed by atoms with Crippen LogP contribution < -0.4 is 9.50 Å². The van der Waals surface area contributed by atoms with Gasteiger partial charge in [0.15, 0.2) is 0 Å². The summed E-state index contributed by atoms with van der Waals surface area (Å²) in [5.74, 6) is -0.711. The Morgan fingerprint density at radius 1 is 1.06 bits per heavy atom. The molecule has 0 bridgehead atoms. The first-order valence-corrected chi connectivity index (χ1v) is 11.3. The zero-order chi connectivity index (χ0) is 22.4. The number of hydrogen-bond acceptors (Lipinski definition) is 5. The number of benzene rings is 3. The second kappa shape index (κ2) is 9.79. The van der Waals surface area contributed by atoms with Crippen molar-refractivity contribution in [3.8, 4) is 11.8 Å². The van der Waals surface area contributed by atoms with Crippen LogP contribution >= 0.6 is 27.5 Å². The lowest BCUT2D eigenvalue weighted by Crippen LogP contribution is -2.14. The van der Waals surface area contributed by atoms with Crippen molar-refractivity contribution in [3.05, 3.63) is 93.4 Å². The molecule has 9 heteroatoms. The summed E-state index contributed by atoms with van der Waals surface area (Å²) in [4.78, 5) is 12.5. The molecule has 31 heavy (non-hydrogen) atoms. The predicted molar refractivity (Wildman–Crippen MR) is 122 cm³/mol. The van der Waals surface area contributed by atoms with E-state index in [1.54, 1.807) is 48.5 Å². The first-order valence-electron chi connectivity index (χ1n) is 8.76. The van der Waals surface area contributed by atoms with Gasteiger partial charge in [0.1, 0.15) is 22.3 Å². The minimum Gasteiger partial charge on any atom is -0.378 e. The third-order valence-corrected chi connectivity index (χ3v) is 5.93. The highest BCUT2D eigenvalue weighted by Crippen LogP contribution is 2.28. The molecule has 0 saturated heterocycles. The van der Waals surface area contributed by atoms with E-state index in [0.29, 0.717) is 15.2 Å². The zero-order valence-electron chi connectivity index (χ0n) is 15.7. The van der Waals surface area contributed by atoms with Crippen molar-refractivity contribution < 1.29 is 17.4 Å². The van der Waals surface area contributed by atoms with Crippen LogP contribution in [0.4, 0.5) is 5.69 Å². The van der Waals surface area contributed by atoms with Gasteiger partial charge in [-0.2, -0.15) is 13.7 Å².